The molecule has 0 radical (unpaired) electrons. The Hall–Kier alpha value is -1.82. The Labute approximate surface area is 134 Å². The smallest absolute Gasteiger partial charge is 0.308 e. The highest BCUT2D eigenvalue weighted by Crippen LogP contribution is 2.18. The predicted molar refractivity (Wildman–Crippen MR) is 80.7 cm³/mol. The van der Waals surface area contributed by atoms with Crippen LogP contribution in [0.4, 0.5) is 4.39 Å². The first kappa shape index (κ1) is 18.2. The van der Waals surface area contributed by atoms with E-state index >= 15 is 0 Å². The molecular formula is C15H19ClFNO4. The van der Waals surface area contributed by atoms with Crippen molar-refractivity contribution in [2.24, 2.45) is 5.92 Å². The summed E-state index contributed by atoms with van der Waals surface area (Å²) in [6.07, 6.45) is 1.26. The molecule has 5 nitrogen and oxygen atoms in total. The summed E-state index contributed by atoms with van der Waals surface area (Å²) in [4.78, 5) is 24.3. The summed E-state index contributed by atoms with van der Waals surface area (Å²) in [6, 6.07) is 6.11. The number of amides is 1. The number of hydrogen-bond acceptors (Lipinski definition) is 3. The third-order valence-electron chi connectivity index (χ3n) is 3.52. The van der Waals surface area contributed by atoms with Gasteiger partial charge in [0.25, 0.3) is 0 Å². The molecule has 0 aliphatic carbocycles. The summed E-state index contributed by atoms with van der Waals surface area (Å²) in [5.74, 6) is -1.63. The Morgan fingerprint density at radius 1 is 1.36 bits per heavy atom. The number of carboxylic acids is 1. The zero-order valence-electron chi connectivity index (χ0n) is 12.0. The highest BCUT2D eigenvalue weighted by Gasteiger charge is 2.30. The van der Waals surface area contributed by atoms with E-state index in [9.17, 15) is 14.0 Å². The molecule has 2 rings (SSSR count). The highest BCUT2D eigenvalue weighted by atomic mass is 35.5. The number of para-hydroxylation sites is 1. The molecule has 1 fully saturated rings. The van der Waals surface area contributed by atoms with Crippen molar-refractivity contribution in [1.29, 1.82) is 0 Å². The van der Waals surface area contributed by atoms with Crippen LogP contribution in [0.5, 0.6) is 5.75 Å². The van der Waals surface area contributed by atoms with Crippen LogP contribution in [-0.2, 0) is 9.59 Å². The molecule has 1 amide bonds. The van der Waals surface area contributed by atoms with E-state index in [1.807, 2.05) is 0 Å². The fourth-order valence-electron chi connectivity index (χ4n) is 2.31. The topological polar surface area (TPSA) is 66.8 Å². The Morgan fingerprint density at radius 3 is 2.73 bits per heavy atom. The molecule has 0 bridgehead atoms. The quantitative estimate of drug-likeness (QED) is 0.812. The van der Waals surface area contributed by atoms with Crippen LogP contribution in [0.2, 0.25) is 0 Å². The number of rotatable bonds is 6. The van der Waals surface area contributed by atoms with E-state index in [4.69, 9.17) is 9.84 Å². The molecule has 1 unspecified atom stereocenters. The van der Waals surface area contributed by atoms with Gasteiger partial charge in [-0.1, -0.05) is 12.1 Å². The molecule has 1 atom stereocenters. The van der Waals surface area contributed by atoms with Crippen molar-refractivity contribution >= 4 is 24.3 Å². The maximum atomic E-state index is 13.3. The standard InChI is InChI=1S/C15H18FNO4.ClH/c16-12-4-1-2-5-13(12)21-9-3-6-14(18)17-8-7-11(10-17)15(19)20;/h1-2,4-5,11H,3,6-10H2,(H,19,20);1H. The summed E-state index contributed by atoms with van der Waals surface area (Å²) < 4.78 is 18.6. The van der Waals surface area contributed by atoms with E-state index in [-0.39, 0.29) is 43.6 Å². The maximum Gasteiger partial charge on any atom is 0.308 e. The highest BCUT2D eigenvalue weighted by molar-refractivity contribution is 5.85. The van der Waals surface area contributed by atoms with Crippen molar-refractivity contribution in [3.63, 3.8) is 0 Å². The number of aliphatic carboxylic acids is 1. The SMILES string of the molecule is Cl.O=C(O)C1CCN(C(=O)CCCOc2ccccc2F)C1. The normalized spacial score (nSPS) is 17.0. The van der Waals surface area contributed by atoms with Crippen LogP contribution >= 0.6 is 12.4 Å². The van der Waals surface area contributed by atoms with Crippen molar-refractivity contribution in [3.05, 3.63) is 30.1 Å². The lowest BCUT2D eigenvalue weighted by molar-refractivity contribution is -0.141. The van der Waals surface area contributed by atoms with Gasteiger partial charge in [-0.15, -0.1) is 12.4 Å². The molecule has 0 aromatic heterocycles. The second kappa shape index (κ2) is 8.58. The average molecular weight is 332 g/mol. The van der Waals surface area contributed by atoms with Gasteiger partial charge in [0.15, 0.2) is 11.6 Å². The van der Waals surface area contributed by atoms with Crippen LogP contribution < -0.4 is 4.74 Å². The van der Waals surface area contributed by atoms with Gasteiger partial charge in [-0.2, -0.15) is 0 Å². The summed E-state index contributed by atoms with van der Waals surface area (Å²) in [5.41, 5.74) is 0. The minimum Gasteiger partial charge on any atom is -0.491 e. The van der Waals surface area contributed by atoms with Gasteiger partial charge >= 0.3 is 5.97 Å². The zero-order valence-corrected chi connectivity index (χ0v) is 12.9. The largest absolute Gasteiger partial charge is 0.491 e. The minimum absolute atomic E-state index is 0. The molecular weight excluding hydrogens is 313 g/mol. The van der Waals surface area contributed by atoms with Crippen LogP contribution in [0, 0.1) is 11.7 Å². The fourth-order valence-corrected chi connectivity index (χ4v) is 2.31. The van der Waals surface area contributed by atoms with Gasteiger partial charge in [0.2, 0.25) is 5.91 Å². The lowest BCUT2D eigenvalue weighted by Gasteiger charge is -2.15. The summed E-state index contributed by atoms with van der Waals surface area (Å²) in [6.45, 7) is 1.02. The number of nitrogens with zero attached hydrogens (tertiary/aromatic N) is 1. The number of carboxylic acid groups (broad SMARTS) is 1. The summed E-state index contributed by atoms with van der Waals surface area (Å²) in [5, 5.41) is 8.89. The van der Waals surface area contributed by atoms with E-state index in [2.05, 4.69) is 0 Å². The van der Waals surface area contributed by atoms with Crippen molar-refractivity contribution in [3.8, 4) is 5.75 Å². The minimum atomic E-state index is -0.854. The molecule has 22 heavy (non-hydrogen) atoms. The van der Waals surface area contributed by atoms with Gasteiger partial charge in [-0.05, 0) is 25.0 Å². The molecule has 1 aliphatic rings. The molecule has 7 heteroatoms. The van der Waals surface area contributed by atoms with E-state index in [0.29, 0.717) is 19.4 Å². The molecule has 1 aromatic rings. The number of halogens is 2. The second-order valence-electron chi connectivity index (χ2n) is 5.05. The van der Waals surface area contributed by atoms with Gasteiger partial charge in [-0.3, -0.25) is 9.59 Å². The second-order valence-corrected chi connectivity index (χ2v) is 5.05. The van der Waals surface area contributed by atoms with Gasteiger partial charge in [0, 0.05) is 19.5 Å². The number of benzene rings is 1. The Kier molecular flexibility index (Phi) is 7.11. The number of carbonyl (C=O) groups excluding carboxylic acids is 1. The molecule has 1 saturated heterocycles. The molecule has 0 saturated carbocycles. The number of carbonyl (C=O) groups is 2. The molecule has 122 valence electrons. The third kappa shape index (κ3) is 4.87. The first-order valence-electron chi connectivity index (χ1n) is 6.96. The van der Waals surface area contributed by atoms with Crippen LogP contribution in [0.25, 0.3) is 0 Å². The van der Waals surface area contributed by atoms with Gasteiger partial charge in [0.1, 0.15) is 0 Å². The number of likely N-dealkylation sites (tertiary alicyclic amines) is 1. The predicted octanol–water partition coefficient (Wildman–Crippen LogP) is 2.34. The summed E-state index contributed by atoms with van der Waals surface area (Å²) in [7, 11) is 0. The first-order valence-corrected chi connectivity index (χ1v) is 6.96. The molecule has 1 aliphatic heterocycles. The van der Waals surface area contributed by atoms with E-state index in [1.54, 1.807) is 17.0 Å². The van der Waals surface area contributed by atoms with Crippen LogP contribution in [-0.4, -0.2) is 41.6 Å². The number of ether oxygens (including phenoxy) is 1. The Balaban J connectivity index is 0.00000242. The van der Waals surface area contributed by atoms with E-state index < -0.39 is 17.7 Å². The lowest BCUT2D eigenvalue weighted by atomic mass is 10.1. The van der Waals surface area contributed by atoms with Crippen LogP contribution in [0.15, 0.2) is 24.3 Å². The molecule has 0 spiro atoms. The zero-order chi connectivity index (χ0) is 15.2. The lowest BCUT2D eigenvalue weighted by Crippen LogP contribution is -2.30. The molecule has 1 aromatic carbocycles. The Bertz CT molecular complexity index is 526. The average Bonchev–Trinajstić information content (AvgIpc) is 2.95. The van der Waals surface area contributed by atoms with Gasteiger partial charge < -0.3 is 14.7 Å². The monoisotopic (exact) mass is 331 g/mol. The van der Waals surface area contributed by atoms with Crippen molar-refractivity contribution < 1.29 is 23.8 Å². The Morgan fingerprint density at radius 2 is 2.09 bits per heavy atom. The maximum absolute atomic E-state index is 13.3. The van der Waals surface area contributed by atoms with Crippen LogP contribution in [0.3, 0.4) is 0 Å². The van der Waals surface area contributed by atoms with Gasteiger partial charge in [0.05, 0.1) is 12.5 Å². The van der Waals surface area contributed by atoms with Crippen molar-refractivity contribution in [2.75, 3.05) is 19.7 Å². The first-order chi connectivity index (χ1) is 10.1. The fraction of sp³-hybridized carbons (Fsp3) is 0.467. The van der Waals surface area contributed by atoms with Crippen molar-refractivity contribution in [1.82, 2.24) is 4.90 Å². The molecule has 1 N–H and O–H groups in total. The van der Waals surface area contributed by atoms with Gasteiger partial charge in [-0.25, -0.2) is 4.39 Å². The van der Waals surface area contributed by atoms with Crippen LogP contribution in [0.1, 0.15) is 19.3 Å². The summed E-state index contributed by atoms with van der Waals surface area (Å²) >= 11 is 0. The van der Waals surface area contributed by atoms with E-state index in [1.165, 1.54) is 12.1 Å². The number of hydrogen-bond donors (Lipinski definition) is 1. The van der Waals surface area contributed by atoms with E-state index in [0.717, 1.165) is 0 Å². The molecule has 1 heterocycles. The van der Waals surface area contributed by atoms with Crippen molar-refractivity contribution in [2.45, 2.75) is 19.3 Å². The third-order valence-corrected chi connectivity index (χ3v) is 3.52.